The van der Waals surface area contributed by atoms with Crippen molar-refractivity contribution < 1.29 is 8.95 Å². The van der Waals surface area contributed by atoms with Gasteiger partial charge in [-0.25, -0.2) is 0 Å². The molecular formula is C16H21NO2S. The molecule has 1 aliphatic rings. The lowest BCUT2D eigenvalue weighted by Gasteiger charge is -2.31. The molecule has 1 aromatic carbocycles. The molecule has 1 aliphatic carbocycles. The number of nitrogens with zero attached hydrogens (tertiary/aromatic N) is 1. The molecule has 0 aromatic heterocycles. The minimum absolute atomic E-state index is 0.0351. The van der Waals surface area contributed by atoms with E-state index in [0.717, 1.165) is 36.3 Å². The van der Waals surface area contributed by atoms with E-state index >= 15 is 0 Å². The Kier molecular flexibility index (Phi) is 5.19. The van der Waals surface area contributed by atoms with Crippen molar-refractivity contribution in [1.82, 2.24) is 0 Å². The zero-order chi connectivity index (χ0) is 14.5. The van der Waals surface area contributed by atoms with E-state index in [1.165, 1.54) is 0 Å². The molecule has 4 unspecified atom stereocenters. The molecule has 4 atom stereocenters. The largest absolute Gasteiger partial charge is 0.497 e. The van der Waals surface area contributed by atoms with E-state index in [-0.39, 0.29) is 11.2 Å². The maximum absolute atomic E-state index is 12.7. The lowest BCUT2D eigenvalue weighted by molar-refractivity contribution is 0.313. The number of rotatable bonds is 4. The molecule has 1 fully saturated rings. The van der Waals surface area contributed by atoms with Crippen LogP contribution in [0.1, 0.15) is 32.6 Å². The van der Waals surface area contributed by atoms with Gasteiger partial charge in [-0.1, -0.05) is 13.3 Å². The van der Waals surface area contributed by atoms with Gasteiger partial charge in [0.05, 0.1) is 35.1 Å². The van der Waals surface area contributed by atoms with Gasteiger partial charge in [-0.3, -0.25) is 4.21 Å². The summed E-state index contributed by atoms with van der Waals surface area (Å²) in [5.74, 6) is 1.28. The summed E-state index contributed by atoms with van der Waals surface area (Å²) >= 11 is 0. The number of nitriles is 1. The van der Waals surface area contributed by atoms with Crippen molar-refractivity contribution in [3.63, 3.8) is 0 Å². The van der Waals surface area contributed by atoms with Gasteiger partial charge in [0.1, 0.15) is 5.75 Å². The van der Waals surface area contributed by atoms with Crippen molar-refractivity contribution in [3.8, 4) is 11.8 Å². The van der Waals surface area contributed by atoms with E-state index in [1.54, 1.807) is 7.11 Å². The van der Waals surface area contributed by atoms with Crippen LogP contribution in [0.3, 0.4) is 0 Å². The van der Waals surface area contributed by atoms with E-state index in [4.69, 9.17) is 4.74 Å². The highest BCUT2D eigenvalue weighted by Crippen LogP contribution is 2.35. The average molecular weight is 291 g/mol. The molecule has 4 heteroatoms. The van der Waals surface area contributed by atoms with Gasteiger partial charge in [0, 0.05) is 4.90 Å². The van der Waals surface area contributed by atoms with Gasteiger partial charge in [-0.2, -0.15) is 5.26 Å². The summed E-state index contributed by atoms with van der Waals surface area (Å²) in [6, 6.07) is 9.70. The summed E-state index contributed by atoms with van der Waals surface area (Å²) in [6.45, 7) is 2.17. The first kappa shape index (κ1) is 15.1. The fourth-order valence-corrected chi connectivity index (χ4v) is 4.55. The number of methoxy groups -OCH3 is 1. The predicted molar refractivity (Wildman–Crippen MR) is 79.9 cm³/mol. The van der Waals surface area contributed by atoms with E-state index in [2.05, 4.69) is 13.0 Å². The first-order valence-electron chi connectivity index (χ1n) is 7.13. The van der Waals surface area contributed by atoms with Crippen LogP contribution >= 0.6 is 0 Å². The molecule has 0 radical (unpaired) electrons. The minimum atomic E-state index is -1.11. The Hall–Kier alpha value is -1.34. The van der Waals surface area contributed by atoms with Crippen molar-refractivity contribution in [2.45, 2.75) is 42.8 Å². The number of ether oxygens (including phenoxy) is 1. The lowest BCUT2D eigenvalue weighted by Crippen LogP contribution is -2.32. The summed E-state index contributed by atoms with van der Waals surface area (Å²) in [7, 11) is 0.505. The first-order valence-corrected chi connectivity index (χ1v) is 8.35. The van der Waals surface area contributed by atoms with Gasteiger partial charge >= 0.3 is 0 Å². The van der Waals surface area contributed by atoms with Crippen LogP contribution in [0.5, 0.6) is 5.75 Å². The third kappa shape index (κ3) is 3.21. The topological polar surface area (TPSA) is 50.1 Å². The highest BCUT2D eigenvalue weighted by atomic mass is 32.2. The highest BCUT2D eigenvalue weighted by Gasteiger charge is 2.34. The molecule has 0 heterocycles. The standard InChI is InChI=1S/C16H21NO2S/c1-3-12-4-5-13(11-17)16(10-12)20(18)15-8-6-14(19-2)7-9-15/h6-9,12-13,16H,3-5,10H2,1-2H3. The van der Waals surface area contributed by atoms with E-state index in [9.17, 15) is 9.47 Å². The van der Waals surface area contributed by atoms with Crippen LogP contribution in [-0.4, -0.2) is 16.6 Å². The second-order valence-electron chi connectivity index (χ2n) is 5.33. The third-order valence-corrected chi connectivity index (χ3v) is 6.02. The zero-order valence-electron chi connectivity index (χ0n) is 12.0. The van der Waals surface area contributed by atoms with Crippen LogP contribution in [0.4, 0.5) is 0 Å². The second-order valence-corrected chi connectivity index (χ2v) is 7.01. The highest BCUT2D eigenvalue weighted by molar-refractivity contribution is 7.85. The van der Waals surface area contributed by atoms with Gasteiger partial charge in [0.25, 0.3) is 0 Å². The molecule has 1 aromatic rings. The second kappa shape index (κ2) is 6.90. The fourth-order valence-electron chi connectivity index (χ4n) is 2.85. The predicted octanol–water partition coefficient (Wildman–Crippen LogP) is 3.52. The number of hydrogen-bond acceptors (Lipinski definition) is 3. The van der Waals surface area contributed by atoms with Crippen LogP contribution in [0, 0.1) is 23.2 Å². The molecule has 0 amide bonds. The Labute approximate surface area is 123 Å². The van der Waals surface area contributed by atoms with Crippen molar-refractivity contribution in [1.29, 1.82) is 5.26 Å². The van der Waals surface area contributed by atoms with E-state index < -0.39 is 10.8 Å². The summed E-state index contributed by atoms with van der Waals surface area (Å²) in [5.41, 5.74) is 0. The summed E-state index contributed by atoms with van der Waals surface area (Å²) in [5, 5.41) is 9.26. The zero-order valence-corrected chi connectivity index (χ0v) is 12.9. The van der Waals surface area contributed by atoms with Crippen LogP contribution in [-0.2, 0) is 10.8 Å². The van der Waals surface area contributed by atoms with E-state index in [1.807, 2.05) is 24.3 Å². The van der Waals surface area contributed by atoms with Crippen molar-refractivity contribution in [2.24, 2.45) is 11.8 Å². The fraction of sp³-hybridized carbons (Fsp3) is 0.562. The minimum Gasteiger partial charge on any atom is -0.497 e. The van der Waals surface area contributed by atoms with Gasteiger partial charge in [0.15, 0.2) is 0 Å². The SMILES string of the molecule is CCC1CCC(C#N)C(S(=O)c2ccc(OC)cc2)C1. The quantitative estimate of drug-likeness (QED) is 0.852. The summed E-state index contributed by atoms with van der Waals surface area (Å²) in [4.78, 5) is 0.799. The first-order chi connectivity index (χ1) is 9.69. The molecule has 0 N–H and O–H groups in total. The molecule has 20 heavy (non-hydrogen) atoms. The Morgan fingerprint density at radius 3 is 2.60 bits per heavy atom. The van der Waals surface area contributed by atoms with Crippen molar-refractivity contribution in [3.05, 3.63) is 24.3 Å². The van der Waals surface area contributed by atoms with Crippen molar-refractivity contribution >= 4 is 10.8 Å². The van der Waals surface area contributed by atoms with Gasteiger partial charge < -0.3 is 4.74 Å². The maximum atomic E-state index is 12.7. The lowest BCUT2D eigenvalue weighted by atomic mass is 9.81. The summed E-state index contributed by atoms with van der Waals surface area (Å²) < 4.78 is 17.9. The normalized spacial score (nSPS) is 27.6. The molecule has 1 saturated carbocycles. The van der Waals surface area contributed by atoms with Crippen molar-refractivity contribution in [2.75, 3.05) is 7.11 Å². The molecule has 2 rings (SSSR count). The van der Waals surface area contributed by atoms with Crippen LogP contribution in [0.25, 0.3) is 0 Å². The molecule has 0 spiro atoms. The molecule has 0 bridgehead atoms. The number of benzene rings is 1. The van der Waals surface area contributed by atoms with Gasteiger partial charge in [0.2, 0.25) is 0 Å². The maximum Gasteiger partial charge on any atom is 0.118 e. The Bertz CT molecular complexity index is 506. The van der Waals surface area contributed by atoms with Crippen LogP contribution < -0.4 is 4.74 Å². The van der Waals surface area contributed by atoms with Gasteiger partial charge in [-0.15, -0.1) is 0 Å². The molecule has 0 aliphatic heterocycles. The Morgan fingerprint density at radius 2 is 2.05 bits per heavy atom. The van der Waals surface area contributed by atoms with Gasteiger partial charge in [-0.05, 0) is 49.4 Å². The third-order valence-electron chi connectivity index (χ3n) is 4.21. The average Bonchev–Trinajstić information content (AvgIpc) is 2.53. The Morgan fingerprint density at radius 1 is 1.35 bits per heavy atom. The molecule has 0 saturated heterocycles. The molecular weight excluding hydrogens is 270 g/mol. The van der Waals surface area contributed by atoms with Crippen LogP contribution in [0.2, 0.25) is 0 Å². The monoisotopic (exact) mass is 291 g/mol. The number of hydrogen-bond donors (Lipinski definition) is 0. The van der Waals surface area contributed by atoms with E-state index in [0.29, 0.717) is 5.92 Å². The molecule has 108 valence electrons. The molecule has 3 nitrogen and oxygen atoms in total. The van der Waals surface area contributed by atoms with Crippen LogP contribution in [0.15, 0.2) is 29.2 Å². The smallest absolute Gasteiger partial charge is 0.118 e. The summed E-state index contributed by atoms with van der Waals surface area (Å²) in [6.07, 6.45) is 3.97. The Balaban J connectivity index is 2.17.